The van der Waals surface area contributed by atoms with Gasteiger partial charge in [-0.2, -0.15) is 4.98 Å². The standard InChI is InChI=1S/C23H23ClN4O2/c1-3-4-15-7-10-19-18(12-15)25-20-21(26-23(30)27-22(20)29)28(19)13-14(2)11-16-5-8-17(24)9-6-16/h5-10,12,14H,3-4,11,13H2,1-2H3,(H,27,29,30). The second-order valence-corrected chi connectivity index (χ2v) is 8.21. The summed E-state index contributed by atoms with van der Waals surface area (Å²) in [4.78, 5) is 35.2. The van der Waals surface area contributed by atoms with Crippen LogP contribution in [0.15, 0.2) is 52.1 Å². The highest BCUT2D eigenvalue weighted by atomic mass is 35.5. The fraction of sp³-hybridized carbons (Fsp3) is 0.304. The van der Waals surface area contributed by atoms with Crippen LogP contribution in [0.5, 0.6) is 0 Å². The van der Waals surface area contributed by atoms with Crippen molar-refractivity contribution < 1.29 is 0 Å². The van der Waals surface area contributed by atoms with Gasteiger partial charge in [0, 0.05) is 11.6 Å². The second kappa shape index (κ2) is 8.40. The van der Waals surface area contributed by atoms with E-state index in [-0.39, 0.29) is 11.6 Å². The SMILES string of the molecule is CCCc1ccc2c(c1)nc1c(=O)[nH]c(=O)nc-1n2CC(C)Cc1ccc(Cl)cc1. The summed E-state index contributed by atoms with van der Waals surface area (Å²) in [5.74, 6) is 0.555. The predicted molar refractivity (Wildman–Crippen MR) is 119 cm³/mol. The lowest BCUT2D eigenvalue weighted by Gasteiger charge is -2.20. The first kappa shape index (κ1) is 20.3. The Morgan fingerprint density at radius 1 is 1.07 bits per heavy atom. The van der Waals surface area contributed by atoms with Crippen molar-refractivity contribution in [2.45, 2.75) is 39.7 Å². The van der Waals surface area contributed by atoms with Crippen LogP contribution in [0.1, 0.15) is 31.4 Å². The van der Waals surface area contributed by atoms with Crippen molar-refractivity contribution in [2.24, 2.45) is 5.92 Å². The van der Waals surface area contributed by atoms with Gasteiger partial charge in [-0.05, 0) is 54.2 Å². The zero-order valence-corrected chi connectivity index (χ0v) is 17.7. The molecule has 0 fully saturated rings. The van der Waals surface area contributed by atoms with E-state index >= 15 is 0 Å². The van der Waals surface area contributed by atoms with E-state index in [0.29, 0.717) is 17.4 Å². The molecule has 0 bridgehead atoms. The molecule has 4 rings (SSSR count). The number of H-pyrrole nitrogens is 1. The molecule has 7 heteroatoms. The molecule has 0 aliphatic carbocycles. The molecule has 1 atom stereocenters. The molecule has 1 unspecified atom stereocenters. The van der Waals surface area contributed by atoms with Gasteiger partial charge in [-0.25, -0.2) is 9.78 Å². The average Bonchev–Trinajstić information content (AvgIpc) is 2.70. The normalized spacial score (nSPS) is 12.5. The largest absolute Gasteiger partial charge is 0.349 e. The Morgan fingerprint density at radius 3 is 2.53 bits per heavy atom. The number of rotatable bonds is 6. The zero-order valence-electron chi connectivity index (χ0n) is 17.0. The number of fused-ring (bicyclic) bond motifs is 2. The lowest BCUT2D eigenvalue weighted by Crippen LogP contribution is -2.29. The second-order valence-electron chi connectivity index (χ2n) is 7.77. The minimum atomic E-state index is -0.657. The van der Waals surface area contributed by atoms with Crippen LogP contribution < -0.4 is 11.2 Å². The highest BCUT2D eigenvalue weighted by Crippen LogP contribution is 2.24. The Bertz CT molecular complexity index is 1280. The summed E-state index contributed by atoms with van der Waals surface area (Å²) < 4.78 is 1.95. The maximum absolute atomic E-state index is 12.4. The Balaban J connectivity index is 1.81. The summed E-state index contributed by atoms with van der Waals surface area (Å²) in [6.07, 6.45) is 2.80. The van der Waals surface area contributed by atoms with Crippen molar-refractivity contribution in [3.05, 3.63) is 79.5 Å². The molecule has 2 heterocycles. The number of aromatic amines is 1. The van der Waals surface area contributed by atoms with Crippen LogP contribution in [0.2, 0.25) is 5.02 Å². The van der Waals surface area contributed by atoms with Crippen LogP contribution in [-0.4, -0.2) is 19.5 Å². The smallest absolute Gasteiger partial charge is 0.322 e. The van der Waals surface area contributed by atoms with Crippen LogP contribution in [0, 0.1) is 5.92 Å². The maximum atomic E-state index is 12.4. The van der Waals surface area contributed by atoms with E-state index in [0.717, 1.165) is 30.3 Å². The van der Waals surface area contributed by atoms with Gasteiger partial charge in [0.25, 0.3) is 5.56 Å². The average molecular weight is 423 g/mol. The molecule has 154 valence electrons. The van der Waals surface area contributed by atoms with E-state index in [4.69, 9.17) is 11.6 Å². The first-order valence-corrected chi connectivity index (χ1v) is 10.5. The third-order valence-corrected chi connectivity index (χ3v) is 5.46. The van der Waals surface area contributed by atoms with Crippen molar-refractivity contribution in [1.82, 2.24) is 19.5 Å². The molecule has 0 aromatic heterocycles. The topological polar surface area (TPSA) is 80.6 Å². The molecule has 2 aromatic carbocycles. The van der Waals surface area contributed by atoms with Crippen molar-refractivity contribution in [3.8, 4) is 11.5 Å². The molecular formula is C23H23ClN4O2. The van der Waals surface area contributed by atoms with Crippen LogP contribution >= 0.6 is 11.6 Å². The summed E-state index contributed by atoms with van der Waals surface area (Å²) in [5, 5.41) is 0.709. The van der Waals surface area contributed by atoms with E-state index in [1.807, 2.05) is 41.0 Å². The molecule has 2 aromatic rings. The highest BCUT2D eigenvalue weighted by molar-refractivity contribution is 6.30. The number of hydrogen-bond donors (Lipinski definition) is 1. The van der Waals surface area contributed by atoms with Gasteiger partial charge in [-0.1, -0.05) is 50.1 Å². The summed E-state index contributed by atoms with van der Waals surface area (Å²) in [7, 11) is 0. The van der Waals surface area contributed by atoms with Gasteiger partial charge in [0.15, 0.2) is 11.5 Å². The molecule has 0 amide bonds. The Morgan fingerprint density at radius 2 is 1.80 bits per heavy atom. The number of aromatic nitrogens is 4. The number of hydrogen-bond acceptors (Lipinski definition) is 4. The Hall–Kier alpha value is -2.99. The van der Waals surface area contributed by atoms with Gasteiger partial charge in [0.05, 0.1) is 11.0 Å². The first-order chi connectivity index (χ1) is 14.4. The Labute approximate surface area is 178 Å². The summed E-state index contributed by atoms with van der Waals surface area (Å²) >= 11 is 5.99. The third kappa shape index (κ3) is 4.14. The molecule has 0 saturated heterocycles. The molecular weight excluding hydrogens is 400 g/mol. The van der Waals surface area contributed by atoms with E-state index < -0.39 is 11.2 Å². The maximum Gasteiger partial charge on any atom is 0.349 e. The third-order valence-electron chi connectivity index (χ3n) is 5.20. The molecule has 0 saturated carbocycles. The van der Waals surface area contributed by atoms with Gasteiger partial charge in [-0.3, -0.25) is 9.78 Å². The van der Waals surface area contributed by atoms with E-state index in [1.54, 1.807) is 0 Å². The summed E-state index contributed by atoms with van der Waals surface area (Å²) in [6, 6.07) is 13.9. The summed E-state index contributed by atoms with van der Waals surface area (Å²) in [6.45, 7) is 4.86. The predicted octanol–water partition coefficient (Wildman–Crippen LogP) is 4.07. The molecule has 6 nitrogen and oxygen atoms in total. The van der Waals surface area contributed by atoms with Gasteiger partial charge in [-0.15, -0.1) is 0 Å². The number of halogens is 1. The quantitative estimate of drug-likeness (QED) is 0.475. The number of benzene rings is 2. The minimum absolute atomic E-state index is 0.189. The fourth-order valence-corrected chi connectivity index (χ4v) is 4.00. The fourth-order valence-electron chi connectivity index (χ4n) is 3.87. The van der Waals surface area contributed by atoms with Crippen LogP contribution in [0.3, 0.4) is 0 Å². The van der Waals surface area contributed by atoms with Crippen LogP contribution in [0.4, 0.5) is 0 Å². The lowest BCUT2D eigenvalue weighted by atomic mass is 10.0. The van der Waals surface area contributed by atoms with E-state index in [2.05, 4.69) is 34.9 Å². The van der Waals surface area contributed by atoms with E-state index in [9.17, 15) is 9.59 Å². The zero-order chi connectivity index (χ0) is 21.3. The first-order valence-electron chi connectivity index (χ1n) is 10.1. The molecule has 2 aliphatic heterocycles. The monoisotopic (exact) mass is 422 g/mol. The van der Waals surface area contributed by atoms with Gasteiger partial charge >= 0.3 is 5.69 Å². The number of aryl methyl sites for hydroxylation is 1. The van der Waals surface area contributed by atoms with Crippen molar-refractivity contribution in [3.63, 3.8) is 0 Å². The minimum Gasteiger partial charge on any atom is -0.322 e. The lowest BCUT2D eigenvalue weighted by molar-refractivity contribution is 0.485. The number of nitrogens with zero attached hydrogens (tertiary/aromatic N) is 3. The van der Waals surface area contributed by atoms with Crippen LogP contribution in [0.25, 0.3) is 22.6 Å². The van der Waals surface area contributed by atoms with Gasteiger partial charge < -0.3 is 4.57 Å². The summed E-state index contributed by atoms with van der Waals surface area (Å²) in [5.41, 5.74) is 2.97. The van der Waals surface area contributed by atoms with Gasteiger partial charge in [0.1, 0.15) is 0 Å². The van der Waals surface area contributed by atoms with Crippen LogP contribution in [-0.2, 0) is 19.4 Å². The molecule has 0 spiro atoms. The Kier molecular flexibility index (Phi) is 5.68. The van der Waals surface area contributed by atoms with Crippen molar-refractivity contribution in [1.29, 1.82) is 0 Å². The van der Waals surface area contributed by atoms with E-state index in [1.165, 1.54) is 11.1 Å². The molecule has 1 N–H and O–H groups in total. The molecule has 2 aliphatic rings. The van der Waals surface area contributed by atoms with Gasteiger partial charge in [0.2, 0.25) is 0 Å². The molecule has 0 radical (unpaired) electrons. The van der Waals surface area contributed by atoms with Crippen molar-refractivity contribution in [2.75, 3.05) is 0 Å². The van der Waals surface area contributed by atoms with Crippen molar-refractivity contribution >= 4 is 22.6 Å². The molecule has 30 heavy (non-hydrogen) atoms. The number of nitrogens with one attached hydrogen (secondary N) is 1. The highest BCUT2D eigenvalue weighted by Gasteiger charge is 2.20.